The van der Waals surface area contributed by atoms with E-state index in [9.17, 15) is 8.78 Å². The minimum atomic E-state index is -1.37. The molecule has 2 heteroatoms. The van der Waals surface area contributed by atoms with E-state index in [4.69, 9.17) is 0 Å². The second-order valence-electron chi connectivity index (χ2n) is 2.25. The molecule has 0 fully saturated rings. The van der Waals surface area contributed by atoms with Crippen molar-refractivity contribution in [1.29, 1.82) is 0 Å². The smallest absolute Gasteiger partial charge is 0.151 e. The summed E-state index contributed by atoms with van der Waals surface area (Å²) in [6.07, 6.45) is 1.47. The number of hydrogen-bond donors (Lipinski definition) is 0. The van der Waals surface area contributed by atoms with Gasteiger partial charge in [0.25, 0.3) is 0 Å². The van der Waals surface area contributed by atoms with Crippen molar-refractivity contribution in [3.63, 3.8) is 0 Å². The van der Waals surface area contributed by atoms with Crippen LogP contribution in [0.25, 0.3) is 0 Å². The highest BCUT2D eigenvalue weighted by atomic mass is 19.2. The van der Waals surface area contributed by atoms with Gasteiger partial charge in [0.2, 0.25) is 0 Å². The molecule has 0 aromatic carbocycles. The van der Waals surface area contributed by atoms with Crippen LogP contribution in [0.3, 0.4) is 0 Å². The normalized spacial score (nSPS) is 15.4. The topological polar surface area (TPSA) is 0 Å². The lowest BCUT2D eigenvalue weighted by Gasteiger charge is -2.01. The van der Waals surface area contributed by atoms with Crippen molar-refractivity contribution in [2.75, 3.05) is 0 Å². The third kappa shape index (κ3) is 3.59. The van der Waals surface area contributed by atoms with Gasteiger partial charge in [0, 0.05) is 0 Å². The molecule has 60 valence electrons. The average molecular weight is 148 g/mol. The Morgan fingerprint density at radius 2 is 2.10 bits per heavy atom. The molecule has 0 heterocycles. The average Bonchev–Trinajstić information content (AvgIpc) is 1.89. The zero-order chi connectivity index (χ0) is 7.98. The van der Waals surface area contributed by atoms with E-state index in [2.05, 4.69) is 0 Å². The Morgan fingerprint density at radius 1 is 1.50 bits per heavy atom. The van der Waals surface area contributed by atoms with E-state index in [0.717, 1.165) is 0 Å². The van der Waals surface area contributed by atoms with Crippen LogP contribution in [0.4, 0.5) is 8.78 Å². The third-order valence-corrected chi connectivity index (χ3v) is 1.24. The van der Waals surface area contributed by atoms with Crippen molar-refractivity contribution in [1.82, 2.24) is 0 Å². The van der Waals surface area contributed by atoms with Gasteiger partial charge in [-0.25, -0.2) is 8.78 Å². The quantitative estimate of drug-likeness (QED) is 0.573. The van der Waals surface area contributed by atoms with Crippen LogP contribution in [0.1, 0.15) is 33.1 Å². The lowest BCUT2D eigenvalue weighted by Crippen LogP contribution is -1.99. The molecule has 0 radical (unpaired) electrons. The largest absolute Gasteiger partial charge is 0.240 e. The summed E-state index contributed by atoms with van der Waals surface area (Å²) in [7, 11) is 0. The standard InChI is InChI=1S/C8H14F2/c1-3-5-7(9)8(10)6-4-2/h5,8H,3-4,6H2,1-2H3/b7-5+/t8-/m1/s1. The molecule has 0 rings (SSSR count). The minimum Gasteiger partial charge on any atom is -0.240 e. The van der Waals surface area contributed by atoms with Gasteiger partial charge in [-0.1, -0.05) is 26.3 Å². The van der Waals surface area contributed by atoms with Crippen LogP contribution in [0, 0.1) is 0 Å². The molecule has 0 aliphatic heterocycles. The summed E-state index contributed by atoms with van der Waals surface area (Å²) in [6, 6.07) is 0. The van der Waals surface area contributed by atoms with Crippen molar-refractivity contribution in [3.05, 3.63) is 11.9 Å². The Morgan fingerprint density at radius 3 is 2.50 bits per heavy atom. The van der Waals surface area contributed by atoms with Crippen LogP contribution >= 0.6 is 0 Å². The fraction of sp³-hybridized carbons (Fsp3) is 0.750. The van der Waals surface area contributed by atoms with Gasteiger partial charge < -0.3 is 0 Å². The van der Waals surface area contributed by atoms with Gasteiger partial charge in [-0.3, -0.25) is 0 Å². The van der Waals surface area contributed by atoms with Crippen LogP contribution in [-0.4, -0.2) is 6.17 Å². The number of hydrogen-bond acceptors (Lipinski definition) is 0. The Hall–Kier alpha value is -0.400. The van der Waals surface area contributed by atoms with Crippen LogP contribution in [-0.2, 0) is 0 Å². The van der Waals surface area contributed by atoms with Crippen LogP contribution in [0.5, 0.6) is 0 Å². The van der Waals surface area contributed by atoms with Crippen molar-refractivity contribution >= 4 is 0 Å². The van der Waals surface area contributed by atoms with Gasteiger partial charge in [-0.15, -0.1) is 0 Å². The molecule has 0 aromatic rings. The molecule has 0 N–H and O–H groups in total. The molecular weight excluding hydrogens is 134 g/mol. The summed E-state index contributed by atoms with van der Waals surface area (Å²) in [6.45, 7) is 3.63. The predicted octanol–water partition coefficient (Wildman–Crippen LogP) is 3.39. The van der Waals surface area contributed by atoms with Gasteiger partial charge in [0.15, 0.2) is 6.17 Å². The summed E-state index contributed by atoms with van der Waals surface area (Å²) >= 11 is 0. The molecule has 0 aromatic heterocycles. The lowest BCUT2D eigenvalue weighted by atomic mass is 10.2. The summed E-state index contributed by atoms with van der Waals surface area (Å²) in [5.74, 6) is -0.607. The van der Waals surface area contributed by atoms with Crippen molar-refractivity contribution in [3.8, 4) is 0 Å². The Kier molecular flexibility index (Phi) is 5.17. The van der Waals surface area contributed by atoms with E-state index in [1.165, 1.54) is 6.08 Å². The molecular formula is C8H14F2. The Balaban J connectivity index is 3.69. The molecule has 1 atom stereocenters. The molecule has 0 unspecified atom stereocenters. The second-order valence-corrected chi connectivity index (χ2v) is 2.25. The summed E-state index contributed by atoms with van der Waals surface area (Å²) in [5.41, 5.74) is 0. The zero-order valence-corrected chi connectivity index (χ0v) is 6.53. The first-order valence-corrected chi connectivity index (χ1v) is 3.72. The second kappa shape index (κ2) is 5.39. The summed E-state index contributed by atoms with van der Waals surface area (Å²) < 4.78 is 25.0. The molecule has 0 saturated heterocycles. The van der Waals surface area contributed by atoms with Crippen molar-refractivity contribution < 1.29 is 8.78 Å². The maximum Gasteiger partial charge on any atom is 0.151 e. The fourth-order valence-electron chi connectivity index (χ4n) is 0.714. The van der Waals surface area contributed by atoms with Gasteiger partial charge in [-0.2, -0.15) is 0 Å². The van der Waals surface area contributed by atoms with E-state index in [-0.39, 0.29) is 0 Å². The molecule has 0 aliphatic rings. The van der Waals surface area contributed by atoms with E-state index in [1.54, 1.807) is 6.92 Å². The number of alkyl halides is 1. The number of allylic oxidation sites excluding steroid dienone is 2. The molecule has 0 bridgehead atoms. The minimum absolute atomic E-state index is 0.294. The molecule has 0 saturated carbocycles. The van der Waals surface area contributed by atoms with E-state index >= 15 is 0 Å². The highest BCUT2D eigenvalue weighted by molar-refractivity contribution is 4.97. The Labute approximate surface area is 60.9 Å². The maximum atomic E-state index is 12.5. The van der Waals surface area contributed by atoms with Crippen molar-refractivity contribution in [2.24, 2.45) is 0 Å². The van der Waals surface area contributed by atoms with Gasteiger partial charge in [0.1, 0.15) is 5.83 Å². The zero-order valence-electron chi connectivity index (χ0n) is 6.53. The first-order chi connectivity index (χ1) is 4.72. The Bertz CT molecular complexity index is 108. The van der Waals surface area contributed by atoms with Gasteiger partial charge in [-0.05, 0) is 12.8 Å². The molecule has 0 nitrogen and oxygen atoms in total. The first-order valence-electron chi connectivity index (χ1n) is 3.72. The molecule has 10 heavy (non-hydrogen) atoms. The highest BCUT2D eigenvalue weighted by Crippen LogP contribution is 2.14. The van der Waals surface area contributed by atoms with Crippen molar-refractivity contribution in [2.45, 2.75) is 39.3 Å². The number of halogens is 2. The fourth-order valence-corrected chi connectivity index (χ4v) is 0.714. The maximum absolute atomic E-state index is 12.5. The monoisotopic (exact) mass is 148 g/mol. The van der Waals surface area contributed by atoms with E-state index in [0.29, 0.717) is 19.3 Å². The molecule has 0 spiro atoms. The summed E-state index contributed by atoms with van der Waals surface area (Å²) in [4.78, 5) is 0. The lowest BCUT2D eigenvalue weighted by molar-refractivity contribution is 0.306. The molecule has 0 amide bonds. The molecule has 0 aliphatic carbocycles. The third-order valence-electron chi connectivity index (χ3n) is 1.24. The van der Waals surface area contributed by atoms with E-state index in [1.807, 2.05) is 6.92 Å². The van der Waals surface area contributed by atoms with E-state index < -0.39 is 12.0 Å². The van der Waals surface area contributed by atoms with Gasteiger partial charge >= 0.3 is 0 Å². The predicted molar refractivity (Wildman–Crippen MR) is 39.3 cm³/mol. The number of rotatable bonds is 4. The van der Waals surface area contributed by atoms with Crippen LogP contribution in [0.15, 0.2) is 11.9 Å². The van der Waals surface area contributed by atoms with Crippen LogP contribution < -0.4 is 0 Å². The van der Waals surface area contributed by atoms with Gasteiger partial charge in [0.05, 0.1) is 0 Å². The summed E-state index contributed by atoms with van der Waals surface area (Å²) in [5, 5.41) is 0. The highest BCUT2D eigenvalue weighted by Gasteiger charge is 2.09. The SMILES string of the molecule is CC/C=C(/F)[C@H](F)CCC. The first kappa shape index (κ1) is 9.60. The van der Waals surface area contributed by atoms with Crippen LogP contribution in [0.2, 0.25) is 0 Å².